The average molecular weight is 483 g/mol. The summed E-state index contributed by atoms with van der Waals surface area (Å²) in [7, 11) is 1.56. The van der Waals surface area contributed by atoms with Gasteiger partial charge in [0.05, 0.1) is 13.7 Å². The van der Waals surface area contributed by atoms with Crippen LogP contribution >= 0.6 is 0 Å². The van der Waals surface area contributed by atoms with Crippen LogP contribution in [0, 0.1) is 5.41 Å². The normalized spacial score (nSPS) is 16.3. The van der Waals surface area contributed by atoms with E-state index in [4.69, 9.17) is 25.4 Å². The number of amides is 2. The van der Waals surface area contributed by atoms with E-state index >= 15 is 0 Å². The number of ether oxygens (including phenoxy) is 3. The number of benzene rings is 2. The second-order valence-electron chi connectivity index (χ2n) is 9.09. The van der Waals surface area contributed by atoms with Crippen LogP contribution in [0.2, 0.25) is 0 Å². The van der Waals surface area contributed by atoms with Gasteiger partial charge in [-0.05, 0) is 62.7 Å². The molecular weight excluding hydrogens is 452 g/mol. The first-order valence-corrected chi connectivity index (χ1v) is 11.1. The van der Waals surface area contributed by atoms with Gasteiger partial charge in [-0.1, -0.05) is 12.1 Å². The second-order valence-corrected chi connectivity index (χ2v) is 9.09. The third kappa shape index (κ3) is 6.72. The quantitative estimate of drug-likeness (QED) is 0.298. The summed E-state index contributed by atoms with van der Waals surface area (Å²) in [6.45, 7) is 5.19. The fraction of sp³-hybridized carbons (Fsp3) is 0.360. The van der Waals surface area contributed by atoms with Gasteiger partial charge in [-0.15, -0.1) is 0 Å². The third-order valence-corrected chi connectivity index (χ3v) is 5.20. The van der Waals surface area contributed by atoms with E-state index in [9.17, 15) is 14.4 Å². The summed E-state index contributed by atoms with van der Waals surface area (Å²) in [6, 6.07) is 12.6. The molecule has 186 valence electrons. The SMILES string of the molecule is COc1ccc(C[C@@H](NC(=O)C2CN(c3ccc(C(=N)N)cc3)C(=O)O2)C(=O)OC(C)(C)C)cc1. The van der Waals surface area contributed by atoms with Crippen LogP contribution in [-0.4, -0.2) is 55.2 Å². The Kier molecular flexibility index (Phi) is 7.63. The lowest BCUT2D eigenvalue weighted by molar-refractivity contribution is -0.159. The minimum absolute atomic E-state index is 0.0341. The second kappa shape index (κ2) is 10.5. The van der Waals surface area contributed by atoms with Gasteiger partial charge in [0.25, 0.3) is 5.91 Å². The number of esters is 1. The van der Waals surface area contributed by atoms with Crippen LogP contribution < -0.4 is 20.7 Å². The van der Waals surface area contributed by atoms with Crippen molar-refractivity contribution in [3.05, 3.63) is 59.7 Å². The Bertz CT molecular complexity index is 1090. The fourth-order valence-electron chi connectivity index (χ4n) is 3.46. The van der Waals surface area contributed by atoms with Crippen molar-refractivity contribution in [3.8, 4) is 5.75 Å². The van der Waals surface area contributed by atoms with E-state index in [1.807, 2.05) is 0 Å². The van der Waals surface area contributed by atoms with Crippen molar-refractivity contribution in [3.63, 3.8) is 0 Å². The molecule has 0 spiro atoms. The smallest absolute Gasteiger partial charge is 0.415 e. The zero-order valence-corrected chi connectivity index (χ0v) is 20.2. The summed E-state index contributed by atoms with van der Waals surface area (Å²) in [4.78, 5) is 39.6. The molecule has 0 aromatic heterocycles. The molecule has 1 unspecified atom stereocenters. The Morgan fingerprint density at radius 1 is 1.17 bits per heavy atom. The van der Waals surface area contributed by atoms with Crippen molar-refractivity contribution >= 4 is 29.5 Å². The number of amidine groups is 1. The van der Waals surface area contributed by atoms with Crippen LogP contribution in [-0.2, 0) is 25.5 Å². The first-order chi connectivity index (χ1) is 16.5. The Hall–Kier alpha value is -4.08. The molecule has 2 aromatic carbocycles. The fourth-order valence-corrected chi connectivity index (χ4v) is 3.46. The maximum absolute atomic E-state index is 13.0. The van der Waals surface area contributed by atoms with Crippen molar-refractivity contribution < 1.29 is 28.6 Å². The number of hydrogen-bond donors (Lipinski definition) is 3. The summed E-state index contributed by atoms with van der Waals surface area (Å²) in [6.07, 6.45) is -1.62. The lowest BCUT2D eigenvalue weighted by Gasteiger charge is -2.25. The van der Waals surface area contributed by atoms with Crippen LogP contribution in [0.15, 0.2) is 48.5 Å². The number of cyclic esters (lactones) is 1. The number of carbonyl (C=O) groups is 3. The van der Waals surface area contributed by atoms with Crippen molar-refractivity contribution in [2.45, 2.75) is 44.9 Å². The number of nitrogens with two attached hydrogens (primary N) is 1. The predicted octanol–water partition coefficient (Wildman–Crippen LogP) is 2.37. The molecule has 3 rings (SSSR count). The highest BCUT2D eigenvalue weighted by Crippen LogP contribution is 2.23. The number of hydrogen-bond acceptors (Lipinski definition) is 7. The van der Waals surface area contributed by atoms with Crippen LogP contribution in [0.1, 0.15) is 31.9 Å². The molecule has 1 fully saturated rings. The van der Waals surface area contributed by atoms with Gasteiger partial charge in [0, 0.05) is 17.7 Å². The van der Waals surface area contributed by atoms with Gasteiger partial charge in [-0.25, -0.2) is 9.59 Å². The molecule has 10 heteroatoms. The van der Waals surface area contributed by atoms with Crippen molar-refractivity contribution in [2.24, 2.45) is 5.73 Å². The Morgan fingerprint density at radius 3 is 2.34 bits per heavy atom. The molecule has 1 aliphatic rings. The standard InChI is InChI=1S/C25H30N4O6/c1-25(2,3)35-23(31)19(13-15-5-11-18(33-4)12-6-15)28-22(30)20-14-29(24(32)34-20)17-9-7-16(8-10-17)21(26)27/h5-12,19-20H,13-14H2,1-4H3,(H3,26,27)(H,28,30)/t19-,20?/m1/s1. The minimum Gasteiger partial charge on any atom is -0.497 e. The van der Waals surface area contributed by atoms with Gasteiger partial charge in [-0.3, -0.25) is 15.1 Å². The molecule has 2 aromatic rings. The predicted molar refractivity (Wildman–Crippen MR) is 130 cm³/mol. The molecule has 4 N–H and O–H groups in total. The Morgan fingerprint density at radius 2 is 1.80 bits per heavy atom. The van der Waals surface area contributed by atoms with Crippen LogP contribution in [0.4, 0.5) is 10.5 Å². The zero-order valence-electron chi connectivity index (χ0n) is 20.2. The molecule has 0 saturated carbocycles. The van der Waals surface area contributed by atoms with E-state index in [1.165, 1.54) is 4.90 Å². The molecule has 10 nitrogen and oxygen atoms in total. The lowest BCUT2D eigenvalue weighted by Crippen LogP contribution is -2.49. The van der Waals surface area contributed by atoms with Crippen LogP contribution in [0.25, 0.3) is 0 Å². The van der Waals surface area contributed by atoms with E-state index in [2.05, 4.69) is 5.32 Å². The van der Waals surface area contributed by atoms with Crippen molar-refractivity contribution in [2.75, 3.05) is 18.6 Å². The molecule has 0 aliphatic carbocycles. The Labute approximate surface area is 203 Å². The molecule has 35 heavy (non-hydrogen) atoms. The van der Waals surface area contributed by atoms with Gasteiger partial charge >= 0.3 is 12.1 Å². The van der Waals surface area contributed by atoms with Crippen molar-refractivity contribution in [1.29, 1.82) is 5.41 Å². The first-order valence-electron chi connectivity index (χ1n) is 11.1. The number of methoxy groups -OCH3 is 1. The van der Waals surface area contributed by atoms with Gasteiger partial charge in [0.2, 0.25) is 0 Å². The summed E-state index contributed by atoms with van der Waals surface area (Å²) in [5, 5.41) is 10.2. The Balaban J connectivity index is 1.72. The zero-order chi connectivity index (χ0) is 25.8. The maximum atomic E-state index is 13.0. The summed E-state index contributed by atoms with van der Waals surface area (Å²) < 4.78 is 15.9. The number of nitrogens with one attached hydrogen (secondary N) is 2. The van der Waals surface area contributed by atoms with E-state index < -0.39 is 35.7 Å². The molecule has 1 saturated heterocycles. The van der Waals surface area contributed by atoms with Gasteiger partial charge in [0.1, 0.15) is 23.2 Å². The highest BCUT2D eigenvalue weighted by atomic mass is 16.6. The van der Waals surface area contributed by atoms with Gasteiger partial charge < -0.3 is 25.3 Å². The molecule has 2 atom stereocenters. The molecular formula is C25H30N4O6. The molecule has 1 heterocycles. The average Bonchev–Trinajstić information content (AvgIpc) is 3.19. The topological polar surface area (TPSA) is 144 Å². The number of anilines is 1. The minimum atomic E-state index is -1.12. The van der Waals surface area contributed by atoms with Crippen LogP contribution in [0.5, 0.6) is 5.75 Å². The van der Waals surface area contributed by atoms with E-state index in [-0.39, 0.29) is 18.8 Å². The number of carbonyl (C=O) groups excluding carboxylic acids is 3. The summed E-state index contributed by atoms with van der Waals surface area (Å²) >= 11 is 0. The monoisotopic (exact) mass is 482 g/mol. The molecule has 1 aliphatic heterocycles. The molecule has 0 bridgehead atoms. The number of nitrogen functional groups attached to an aromatic ring is 1. The maximum Gasteiger partial charge on any atom is 0.415 e. The van der Waals surface area contributed by atoms with Gasteiger partial charge in [-0.2, -0.15) is 0 Å². The number of rotatable bonds is 8. The van der Waals surface area contributed by atoms with Crippen molar-refractivity contribution in [1.82, 2.24) is 5.32 Å². The summed E-state index contributed by atoms with van der Waals surface area (Å²) in [5.41, 5.74) is 6.51. The lowest BCUT2D eigenvalue weighted by atomic mass is 10.0. The molecule has 0 radical (unpaired) electrons. The van der Waals surface area contributed by atoms with E-state index in [0.29, 0.717) is 17.0 Å². The number of nitrogens with zero attached hydrogens (tertiary/aromatic N) is 1. The first kappa shape index (κ1) is 25.5. The van der Waals surface area contributed by atoms with Crippen LogP contribution in [0.3, 0.4) is 0 Å². The van der Waals surface area contributed by atoms with E-state index in [0.717, 1.165) is 5.56 Å². The third-order valence-electron chi connectivity index (χ3n) is 5.20. The molecule has 2 amide bonds. The van der Waals surface area contributed by atoms with Gasteiger partial charge in [0.15, 0.2) is 6.10 Å². The highest BCUT2D eigenvalue weighted by Gasteiger charge is 2.39. The van der Waals surface area contributed by atoms with E-state index in [1.54, 1.807) is 76.4 Å². The largest absolute Gasteiger partial charge is 0.497 e. The highest BCUT2D eigenvalue weighted by molar-refractivity contribution is 5.98. The summed E-state index contributed by atoms with van der Waals surface area (Å²) in [5.74, 6) is -0.628.